The smallest absolute Gasteiger partial charge is 0.251 e. The van der Waals surface area contributed by atoms with Gasteiger partial charge in [-0.15, -0.1) is 0 Å². The van der Waals surface area contributed by atoms with E-state index < -0.39 is 10.0 Å². The van der Waals surface area contributed by atoms with Crippen LogP contribution in [0.1, 0.15) is 15.9 Å². The fourth-order valence-electron chi connectivity index (χ4n) is 2.49. The maximum atomic E-state index is 12.3. The monoisotopic (exact) mass is 362 g/mol. The summed E-state index contributed by atoms with van der Waals surface area (Å²) < 4.78 is 30.8. The number of amides is 1. The molecule has 1 amide bonds. The average molecular weight is 362 g/mol. The maximum Gasteiger partial charge on any atom is 0.251 e. The van der Waals surface area contributed by atoms with Crippen molar-refractivity contribution in [1.29, 1.82) is 0 Å². The molecule has 134 valence electrons. The molecule has 0 saturated heterocycles. The van der Waals surface area contributed by atoms with E-state index in [2.05, 4.69) is 5.32 Å². The number of hydrogen-bond acceptors (Lipinski definition) is 4. The Morgan fingerprint density at radius 3 is 2.40 bits per heavy atom. The van der Waals surface area contributed by atoms with Gasteiger partial charge in [0.25, 0.3) is 5.91 Å². The van der Waals surface area contributed by atoms with Crippen LogP contribution in [0.2, 0.25) is 0 Å². The number of benzene rings is 2. The first-order valence-corrected chi connectivity index (χ1v) is 9.64. The van der Waals surface area contributed by atoms with Gasteiger partial charge >= 0.3 is 0 Å². The molecule has 6 nitrogen and oxygen atoms in total. The summed E-state index contributed by atoms with van der Waals surface area (Å²) in [7, 11) is -2.03. The maximum absolute atomic E-state index is 12.3. The summed E-state index contributed by atoms with van der Waals surface area (Å²) in [4.78, 5) is 12.3. The number of carbonyl (C=O) groups excluding carboxylic acids is 1. The Bertz CT molecular complexity index is 850. The summed E-state index contributed by atoms with van der Waals surface area (Å²) in [6.07, 6.45) is 1.13. The summed E-state index contributed by atoms with van der Waals surface area (Å²) in [5.74, 6) is 0.227. The van der Waals surface area contributed by atoms with Crippen LogP contribution in [0, 0.1) is 6.92 Å². The summed E-state index contributed by atoms with van der Waals surface area (Å²) in [6, 6.07) is 14.1. The van der Waals surface area contributed by atoms with Crippen LogP contribution in [0.4, 0.5) is 5.69 Å². The van der Waals surface area contributed by atoms with Crippen LogP contribution in [0.5, 0.6) is 5.75 Å². The Balaban J connectivity index is 2.12. The molecule has 2 rings (SSSR count). The van der Waals surface area contributed by atoms with Gasteiger partial charge in [-0.05, 0) is 30.7 Å². The van der Waals surface area contributed by atoms with E-state index in [1.165, 1.54) is 11.4 Å². The number of nitrogens with zero attached hydrogens (tertiary/aromatic N) is 1. The largest absolute Gasteiger partial charge is 0.495 e. The molecule has 0 aliphatic heterocycles. The molecule has 0 aliphatic carbocycles. The van der Waals surface area contributed by atoms with Gasteiger partial charge in [-0.3, -0.25) is 9.10 Å². The van der Waals surface area contributed by atoms with Crippen molar-refractivity contribution in [2.24, 2.45) is 0 Å². The third-order valence-corrected chi connectivity index (χ3v) is 4.92. The highest BCUT2D eigenvalue weighted by Crippen LogP contribution is 2.29. The van der Waals surface area contributed by atoms with Crippen molar-refractivity contribution in [3.8, 4) is 5.75 Å². The van der Waals surface area contributed by atoms with Crippen molar-refractivity contribution in [2.45, 2.75) is 6.92 Å². The van der Waals surface area contributed by atoms with Crippen molar-refractivity contribution < 1.29 is 17.9 Å². The van der Waals surface area contributed by atoms with Crippen LogP contribution in [0.15, 0.2) is 48.5 Å². The van der Waals surface area contributed by atoms with Gasteiger partial charge in [-0.2, -0.15) is 0 Å². The van der Waals surface area contributed by atoms with Crippen molar-refractivity contribution in [3.05, 3.63) is 59.7 Å². The number of hydrogen-bond donors (Lipinski definition) is 1. The van der Waals surface area contributed by atoms with E-state index in [9.17, 15) is 13.2 Å². The molecule has 0 atom stereocenters. The number of nitrogens with one attached hydrogen (secondary N) is 1. The second-order valence-corrected chi connectivity index (χ2v) is 7.48. The molecule has 0 radical (unpaired) electrons. The lowest BCUT2D eigenvalue weighted by Crippen LogP contribution is -2.38. The Labute approximate surface area is 148 Å². The lowest BCUT2D eigenvalue weighted by atomic mass is 10.1. The molecule has 7 heteroatoms. The van der Waals surface area contributed by atoms with E-state index in [4.69, 9.17) is 4.74 Å². The predicted molar refractivity (Wildman–Crippen MR) is 98.7 cm³/mol. The molecule has 25 heavy (non-hydrogen) atoms. The molecule has 0 spiro atoms. The van der Waals surface area contributed by atoms with Gasteiger partial charge in [0, 0.05) is 12.1 Å². The average Bonchev–Trinajstić information content (AvgIpc) is 2.58. The van der Waals surface area contributed by atoms with E-state index in [-0.39, 0.29) is 19.0 Å². The van der Waals surface area contributed by atoms with Gasteiger partial charge in [-0.25, -0.2) is 8.42 Å². The zero-order chi connectivity index (χ0) is 18.4. The second-order valence-electron chi connectivity index (χ2n) is 5.58. The molecule has 0 heterocycles. The highest BCUT2D eigenvalue weighted by Gasteiger charge is 2.21. The number of rotatable bonds is 7. The summed E-state index contributed by atoms with van der Waals surface area (Å²) >= 11 is 0. The van der Waals surface area contributed by atoms with Gasteiger partial charge < -0.3 is 10.1 Å². The van der Waals surface area contributed by atoms with Gasteiger partial charge in [0.2, 0.25) is 10.0 Å². The fourth-order valence-corrected chi connectivity index (χ4v) is 3.43. The van der Waals surface area contributed by atoms with Gasteiger partial charge in [-0.1, -0.05) is 30.3 Å². The number of sulfonamides is 1. The number of anilines is 1. The third-order valence-electron chi connectivity index (χ3n) is 3.74. The molecule has 0 fully saturated rings. The summed E-state index contributed by atoms with van der Waals surface area (Å²) in [6.45, 7) is 2.14. The topological polar surface area (TPSA) is 75.7 Å². The minimum Gasteiger partial charge on any atom is -0.495 e. The van der Waals surface area contributed by atoms with Crippen molar-refractivity contribution >= 4 is 21.6 Å². The minimum atomic E-state index is -3.52. The van der Waals surface area contributed by atoms with Crippen molar-refractivity contribution in [1.82, 2.24) is 5.32 Å². The Morgan fingerprint density at radius 2 is 1.76 bits per heavy atom. The third kappa shape index (κ3) is 4.73. The molecule has 0 bridgehead atoms. The lowest BCUT2D eigenvalue weighted by Gasteiger charge is -2.24. The SMILES string of the molecule is COc1ccccc1N(CCNC(=O)c1ccccc1C)S(C)(=O)=O. The van der Waals surface area contributed by atoms with Crippen LogP contribution in [0.3, 0.4) is 0 Å². The zero-order valence-corrected chi connectivity index (χ0v) is 15.3. The molecule has 0 unspecified atom stereocenters. The summed E-state index contributed by atoms with van der Waals surface area (Å²) in [5, 5.41) is 2.76. The molecule has 0 saturated carbocycles. The van der Waals surface area contributed by atoms with E-state index in [0.29, 0.717) is 17.0 Å². The van der Waals surface area contributed by atoms with E-state index in [1.54, 1.807) is 36.4 Å². The van der Waals surface area contributed by atoms with Gasteiger partial charge in [0.15, 0.2) is 0 Å². The molecule has 1 N–H and O–H groups in total. The normalized spacial score (nSPS) is 11.0. The Morgan fingerprint density at radius 1 is 1.12 bits per heavy atom. The molecule has 0 aromatic heterocycles. The first kappa shape index (κ1) is 18.8. The molecule has 2 aromatic rings. The molecule has 0 aliphatic rings. The number of carbonyl (C=O) groups is 1. The van der Waals surface area contributed by atoms with E-state index in [1.807, 2.05) is 19.1 Å². The predicted octanol–water partition coefficient (Wildman–Crippen LogP) is 2.20. The van der Waals surface area contributed by atoms with Crippen LogP contribution in [-0.4, -0.2) is 40.8 Å². The summed E-state index contributed by atoms with van der Waals surface area (Å²) in [5.41, 5.74) is 1.88. The second kappa shape index (κ2) is 8.02. The first-order valence-electron chi connectivity index (χ1n) is 7.79. The van der Waals surface area contributed by atoms with Gasteiger partial charge in [0.05, 0.1) is 25.6 Å². The van der Waals surface area contributed by atoms with Crippen LogP contribution in [-0.2, 0) is 10.0 Å². The van der Waals surface area contributed by atoms with Crippen molar-refractivity contribution in [2.75, 3.05) is 30.8 Å². The number of ether oxygens (including phenoxy) is 1. The Kier molecular flexibility index (Phi) is 6.03. The van der Waals surface area contributed by atoms with Crippen molar-refractivity contribution in [3.63, 3.8) is 0 Å². The quantitative estimate of drug-likeness (QED) is 0.819. The molecular formula is C18H22N2O4S. The fraction of sp³-hybridized carbons (Fsp3) is 0.278. The van der Waals surface area contributed by atoms with Crippen LogP contribution < -0.4 is 14.4 Å². The zero-order valence-electron chi connectivity index (χ0n) is 14.5. The number of aryl methyl sites for hydroxylation is 1. The minimum absolute atomic E-state index is 0.108. The van der Waals surface area contributed by atoms with E-state index in [0.717, 1.165) is 11.8 Å². The highest BCUT2D eigenvalue weighted by atomic mass is 32.2. The molecule has 2 aromatic carbocycles. The standard InChI is InChI=1S/C18H22N2O4S/c1-14-8-4-5-9-15(14)18(21)19-12-13-20(25(3,22)23)16-10-6-7-11-17(16)24-2/h4-11H,12-13H2,1-3H3,(H,19,21). The molecular weight excluding hydrogens is 340 g/mol. The van der Waals surface area contributed by atoms with Crippen LogP contribution in [0.25, 0.3) is 0 Å². The highest BCUT2D eigenvalue weighted by molar-refractivity contribution is 7.92. The number of methoxy groups -OCH3 is 1. The van der Waals surface area contributed by atoms with Crippen LogP contribution >= 0.6 is 0 Å². The van der Waals surface area contributed by atoms with E-state index >= 15 is 0 Å². The lowest BCUT2D eigenvalue weighted by molar-refractivity contribution is 0.0954. The first-order chi connectivity index (χ1) is 11.8. The number of para-hydroxylation sites is 2. The Hall–Kier alpha value is -2.54. The van der Waals surface area contributed by atoms with Gasteiger partial charge in [0.1, 0.15) is 5.75 Å².